The molecule has 3 rings (SSSR count). The minimum Gasteiger partial charge on any atom is -0.486 e. The lowest BCUT2D eigenvalue weighted by Gasteiger charge is -2.35. The van der Waals surface area contributed by atoms with Crippen molar-refractivity contribution < 1.29 is 14.3 Å². The Labute approximate surface area is 187 Å². The highest BCUT2D eigenvalue weighted by Crippen LogP contribution is 2.18. The summed E-state index contributed by atoms with van der Waals surface area (Å²) in [5.41, 5.74) is 0.777. The van der Waals surface area contributed by atoms with Crippen molar-refractivity contribution in [1.82, 2.24) is 15.2 Å². The summed E-state index contributed by atoms with van der Waals surface area (Å²) in [6.45, 7) is 8.86. The molecule has 30 heavy (non-hydrogen) atoms. The van der Waals surface area contributed by atoms with Crippen molar-refractivity contribution in [3.8, 4) is 5.75 Å². The van der Waals surface area contributed by atoms with Crippen molar-refractivity contribution >= 4 is 28.8 Å². The smallest absolute Gasteiger partial charge is 0.226 e. The summed E-state index contributed by atoms with van der Waals surface area (Å²) in [7, 11) is 0. The van der Waals surface area contributed by atoms with E-state index in [2.05, 4.69) is 29.0 Å². The van der Waals surface area contributed by atoms with E-state index in [9.17, 15) is 4.79 Å². The van der Waals surface area contributed by atoms with Crippen molar-refractivity contribution in [2.24, 2.45) is 5.92 Å². The fourth-order valence-corrected chi connectivity index (χ4v) is 4.31. The van der Waals surface area contributed by atoms with E-state index >= 15 is 0 Å². The fraction of sp³-hybridized carbons (Fsp3) is 0.545. The van der Waals surface area contributed by atoms with Crippen LogP contribution in [0.25, 0.3) is 0 Å². The van der Waals surface area contributed by atoms with Crippen LogP contribution in [0.1, 0.15) is 31.0 Å². The maximum Gasteiger partial charge on any atom is 0.226 e. The number of carbonyl (C=O) groups excluding carboxylic acids is 1. The zero-order valence-corrected chi connectivity index (χ0v) is 19.2. The molecular formula is C22H30ClN3O3S. The van der Waals surface area contributed by atoms with Gasteiger partial charge in [-0.2, -0.15) is 0 Å². The van der Waals surface area contributed by atoms with Gasteiger partial charge >= 0.3 is 0 Å². The molecule has 1 aromatic heterocycles. The number of nitrogens with zero attached hydrogens (tertiary/aromatic N) is 2. The maximum atomic E-state index is 12.5. The predicted octanol–water partition coefficient (Wildman–Crippen LogP) is 3.78. The molecular weight excluding hydrogens is 422 g/mol. The number of nitrogens with one attached hydrogen (secondary N) is 1. The SMILES string of the molecule is CC(C)CC(CNC(=O)Cc1csc(COc2ccc(Cl)cc2)n1)N1CCOCC1. The summed E-state index contributed by atoms with van der Waals surface area (Å²) >= 11 is 7.39. The molecule has 2 aromatic rings. The number of rotatable bonds is 10. The molecule has 8 heteroatoms. The van der Waals surface area contributed by atoms with Gasteiger partial charge in [0.15, 0.2) is 0 Å². The zero-order valence-electron chi connectivity index (χ0n) is 17.6. The Morgan fingerprint density at radius 2 is 2.03 bits per heavy atom. The third-order valence-electron chi connectivity index (χ3n) is 4.96. The number of hydrogen-bond acceptors (Lipinski definition) is 6. The number of thiazole rings is 1. The van der Waals surface area contributed by atoms with E-state index in [-0.39, 0.29) is 12.3 Å². The number of morpholine rings is 1. The second-order valence-electron chi connectivity index (χ2n) is 7.89. The molecule has 0 bridgehead atoms. The summed E-state index contributed by atoms with van der Waals surface area (Å²) in [4.78, 5) is 19.4. The van der Waals surface area contributed by atoms with Crippen LogP contribution in [0, 0.1) is 5.92 Å². The van der Waals surface area contributed by atoms with Crippen LogP contribution >= 0.6 is 22.9 Å². The van der Waals surface area contributed by atoms with Crippen LogP contribution in [0.4, 0.5) is 0 Å². The molecule has 1 aliphatic heterocycles. The number of aromatic nitrogens is 1. The van der Waals surface area contributed by atoms with Crippen molar-refractivity contribution in [3.63, 3.8) is 0 Å². The molecule has 0 saturated carbocycles. The van der Waals surface area contributed by atoms with Crippen LogP contribution < -0.4 is 10.1 Å². The van der Waals surface area contributed by atoms with E-state index < -0.39 is 0 Å². The Kier molecular flexibility index (Phi) is 8.93. The third-order valence-corrected chi connectivity index (χ3v) is 6.08. The Bertz CT molecular complexity index is 791. The molecule has 1 atom stereocenters. The molecule has 1 aliphatic rings. The highest BCUT2D eigenvalue weighted by molar-refractivity contribution is 7.09. The van der Waals surface area contributed by atoms with E-state index in [4.69, 9.17) is 21.1 Å². The van der Waals surface area contributed by atoms with Crippen molar-refractivity contribution in [1.29, 1.82) is 0 Å². The summed E-state index contributed by atoms with van der Waals surface area (Å²) in [5, 5.41) is 6.55. The van der Waals surface area contributed by atoms with Crippen LogP contribution in [0.5, 0.6) is 5.75 Å². The monoisotopic (exact) mass is 451 g/mol. The molecule has 164 valence electrons. The molecule has 0 aliphatic carbocycles. The minimum atomic E-state index is 0.00693. The van der Waals surface area contributed by atoms with Gasteiger partial charge in [0.2, 0.25) is 5.91 Å². The first kappa shape index (κ1) is 23.0. The van der Waals surface area contributed by atoms with Crippen molar-refractivity contribution in [3.05, 3.63) is 45.4 Å². The lowest BCUT2D eigenvalue weighted by Crippen LogP contribution is -2.49. The Morgan fingerprint density at radius 1 is 1.30 bits per heavy atom. The van der Waals surface area contributed by atoms with Crippen LogP contribution in [-0.2, 0) is 22.6 Å². The lowest BCUT2D eigenvalue weighted by molar-refractivity contribution is -0.120. The van der Waals surface area contributed by atoms with Gasteiger partial charge in [0.25, 0.3) is 0 Å². The van der Waals surface area contributed by atoms with E-state index in [1.54, 1.807) is 12.1 Å². The number of hydrogen-bond donors (Lipinski definition) is 1. The largest absolute Gasteiger partial charge is 0.486 e. The quantitative estimate of drug-likeness (QED) is 0.595. The lowest BCUT2D eigenvalue weighted by atomic mass is 10.0. The molecule has 1 saturated heterocycles. The molecule has 1 fully saturated rings. The van der Waals surface area contributed by atoms with Gasteiger partial charge in [-0.25, -0.2) is 4.98 Å². The highest BCUT2D eigenvalue weighted by atomic mass is 35.5. The highest BCUT2D eigenvalue weighted by Gasteiger charge is 2.22. The van der Waals surface area contributed by atoms with Crippen LogP contribution in [0.15, 0.2) is 29.6 Å². The van der Waals surface area contributed by atoms with Gasteiger partial charge < -0.3 is 14.8 Å². The molecule has 2 heterocycles. The summed E-state index contributed by atoms with van der Waals surface area (Å²) in [6.07, 6.45) is 1.35. The van der Waals surface area contributed by atoms with Gasteiger partial charge in [-0.05, 0) is 36.6 Å². The topological polar surface area (TPSA) is 63.7 Å². The first-order valence-electron chi connectivity index (χ1n) is 10.4. The summed E-state index contributed by atoms with van der Waals surface area (Å²) in [6, 6.07) is 7.57. The molecule has 1 unspecified atom stereocenters. The fourth-order valence-electron chi connectivity index (χ4n) is 3.48. The molecule has 1 amide bonds. The van der Waals surface area contributed by atoms with E-state index in [0.29, 0.717) is 30.1 Å². The number of halogens is 1. The number of amides is 1. The summed E-state index contributed by atoms with van der Waals surface area (Å²) < 4.78 is 11.2. The van der Waals surface area contributed by atoms with Gasteiger partial charge in [0.1, 0.15) is 17.4 Å². The Balaban J connectivity index is 1.45. The molecule has 0 radical (unpaired) electrons. The molecule has 0 spiro atoms. The third kappa shape index (κ3) is 7.54. The van der Waals surface area contributed by atoms with Crippen LogP contribution in [-0.4, -0.2) is 54.7 Å². The maximum absolute atomic E-state index is 12.5. The average molecular weight is 452 g/mol. The first-order chi connectivity index (χ1) is 14.5. The second-order valence-corrected chi connectivity index (χ2v) is 9.27. The van der Waals surface area contributed by atoms with E-state index in [1.807, 2.05) is 17.5 Å². The Hall–Kier alpha value is -1.67. The molecule has 1 N–H and O–H groups in total. The van der Waals surface area contributed by atoms with E-state index in [1.165, 1.54) is 11.3 Å². The van der Waals surface area contributed by atoms with Crippen LogP contribution in [0.3, 0.4) is 0 Å². The summed E-state index contributed by atoms with van der Waals surface area (Å²) in [5.74, 6) is 1.33. The predicted molar refractivity (Wildman–Crippen MR) is 120 cm³/mol. The number of benzene rings is 1. The van der Waals surface area contributed by atoms with Crippen molar-refractivity contribution in [2.45, 2.75) is 39.3 Å². The van der Waals surface area contributed by atoms with Gasteiger partial charge in [-0.3, -0.25) is 9.69 Å². The normalized spacial score (nSPS) is 15.9. The van der Waals surface area contributed by atoms with Crippen molar-refractivity contribution in [2.75, 3.05) is 32.8 Å². The number of carbonyl (C=O) groups is 1. The van der Waals surface area contributed by atoms with Gasteiger partial charge in [0.05, 0.1) is 25.3 Å². The minimum absolute atomic E-state index is 0.00693. The standard InChI is InChI=1S/C22H30ClN3O3S/c1-16(2)11-19(26-7-9-28-10-8-26)13-24-21(27)12-18-15-30-22(25-18)14-29-20-5-3-17(23)4-6-20/h3-6,15-16,19H,7-14H2,1-2H3,(H,24,27). The zero-order chi connectivity index (χ0) is 21.3. The molecule has 1 aromatic carbocycles. The van der Waals surface area contributed by atoms with E-state index in [0.717, 1.165) is 49.2 Å². The Morgan fingerprint density at radius 3 is 2.73 bits per heavy atom. The van der Waals surface area contributed by atoms with Gasteiger partial charge in [0, 0.05) is 36.1 Å². The number of ether oxygens (including phenoxy) is 2. The average Bonchev–Trinajstić information content (AvgIpc) is 3.18. The van der Waals surface area contributed by atoms with Crippen LogP contribution in [0.2, 0.25) is 5.02 Å². The van der Waals surface area contributed by atoms with Gasteiger partial charge in [-0.15, -0.1) is 11.3 Å². The van der Waals surface area contributed by atoms with Gasteiger partial charge in [-0.1, -0.05) is 25.4 Å². The molecule has 6 nitrogen and oxygen atoms in total. The first-order valence-corrected chi connectivity index (χ1v) is 11.7. The second kappa shape index (κ2) is 11.6.